The van der Waals surface area contributed by atoms with Crippen LogP contribution in [0.1, 0.15) is 23.9 Å². The van der Waals surface area contributed by atoms with E-state index in [9.17, 15) is 17.6 Å². The Morgan fingerprint density at radius 1 is 1.27 bits per heavy atom. The van der Waals surface area contributed by atoms with Crippen LogP contribution in [0.5, 0.6) is 0 Å². The van der Waals surface area contributed by atoms with Crippen LogP contribution < -0.4 is 5.32 Å². The van der Waals surface area contributed by atoms with Crippen molar-refractivity contribution in [2.75, 3.05) is 0 Å². The highest BCUT2D eigenvalue weighted by Crippen LogP contribution is 2.29. The standard InChI is InChI=1S/C12H15F4N5.ClH/c1-3-21-11(13)8(6-18-21)5-17-7-9-4-10(12(14,15)16)20(2)19-9;/h4,6,17H,3,5,7H2,1-2H3;1H. The minimum absolute atomic E-state index is 0. The summed E-state index contributed by atoms with van der Waals surface area (Å²) in [7, 11) is 1.23. The quantitative estimate of drug-likeness (QED) is 0.850. The SMILES string of the molecule is CCn1ncc(CNCc2cc(C(F)(F)F)n(C)n2)c1F.Cl. The molecule has 2 aromatic rings. The van der Waals surface area contributed by atoms with Crippen molar-refractivity contribution in [3.8, 4) is 0 Å². The zero-order valence-electron chi connectivity index (χ0n) is 12.0. The van der Waals surface area contributed by atoms with Crippen molar-refractivity contribution < 1.29 is 17.6 Å². The molecule has 0 bridgehead atoms. The first kappa shape index (κ1) is 18.4. The third kappa shape index (κ3) is 3.98. The first-order valence-corrected chi connectivity index (χ1v) is 6.34. The van der Waals surface area contributed by atoms with Crippen molar-refractivity contribution in [2.45, 2.75) is 32.7 Å². The summed E-state index contributed by atoms with van der Waals surface area (Å²) in [5.41, 5.74) is -0.207. The molecule has 2 rings (SSSR count). The van der Waals surface area contributed by atoms with Gasteiger partial charge in [0, 0.05) is 32.2 Å². The lowest BCUT2D eigenvalue weighted by Crippen LogP contribution is -2.14. The lowest BCUT2D eigenvalue weighted by molar-refractivity contribution is -0.143. The first-order valence-electron chi connectivity index (χ1n) is 6.34. The van der Waals surface area contributed by atoms with Crippen molar-refractivity contribution in [2.24, 2.45) is 7.05 Å². The Hall–Kier alpha value is -1.61. The van der Waals surface area contributed by atoms with Crippen LogP contribution in [0, 0.1) is 5.95 Å². The normalized spacial score (nSPS) is 11.5. The minimum Gasteiger partial charge on any atom is -0.307 e. The predicted molar refractivity (Wildman–Crippen MR) is 73.9 cm³/mol. The van der Waals surface area contributed by atoms with Crippen LogP contribution in [0.25, 0.3) is 0 Å². The molecule has 0 saturated heterocycles. The van der Waals surface area contributed by atoms with Crippen LogP contribution in [0.2, 0.25) is 0 Å². The van der Waals surface area contributed by atoms with E-state index in [1.165, 1.54) is 17.9 Å². The van der Waals surface area contributed by atoms with Gasteiger partial charge in [-0.15, -0.1) is 12.4 Å². The van der Waals surface area contributed by atoms with Gasteiger partial charge in [-0.05, 0) is 13.0 Å². The number of halogens is 5. The van der Waals surface area contributed by atoms with Crippen molar-refractivity contribution >= 4 is 12.4 Å². The second kappa shape index (κ2) is 7.10. The van der Waals surface area contributed by atoms with Crippen LogP contribution >= 0.6 is 12.4 Å². The molecule has 0 radical (unpaired) electrons. The van der Waals surface area contributed by atoms with Gasteiger partial charge in [0.05, 0.1) is 11.9 Å². The molecule has 0 spiro atoms. The van der Waals surface area contributed by atoms with E-state index in [4.69, 9.17) is 0 Å². The number of nitrogens with zero attached hydrogens (tertiary/aromatic N) is 4. The Morgan fingerprint density at radius 2 is 1.95 bits per heavy atom. The molecule has 2 heterocycles. The lowest BCUT2D eigenvalue weighted by Gasteiger charge is -2.04. The number of rotatable bonds is 5. The Labute approximate surface area is 130 Å². The molecule has 1 N–H and O–H groups in total. The zero-order valence-corrected chi connectivity index (χ0v) is 12.8. The molecule has 0 aromatic carbocycles. The fourth-order valence-corrected chi connectivity index (χ4v) is 1.95. The maximum atomic E-state index is 13.7. The summed E-state index contributed by atoms with van der Waals surface area (Å²) >= 11 is 0. The second-order valence-corrected chi connectivity index (χ2v) is 4.52. The second-order valence-electron chi connectivity index (χ2n) is 4.52. The summed E-state index contributed by atoms with van der Waals surface area (Å²) in [4.78, 5) is 0. The molecular formula is C12H16ClF4N5. The van der Waals surface area contributed by atoms with E-state index in [0.29, 0.717) is 12.1 Å². The first-order chi connectivity index (χ1) is 9.82. The van der Waals surface area contributed by atoms with E-state index in [0.717, 1.165) is 10.7 Å². The van der Waals surface area contributed by atoms with Gasteiger partial charge in [-0.25, -0.2) is 4.68 Å². The van der Waals surface area contributed by atoms with Crippen molar-refractivity contribution in [3.63, 3.8) is 0 Å². The zero-order chi connectivity index (χ0) is 15.6. The number of hydrogen-bond donors (Lipinski definition) is 1. The molecule has 22 heavy (non-hydrogen) atoms. The third-order valence-electron chi connectivity index (χ3n) is 2.99. The number of hydrogen-bond acceptors (Lipinski definition) is 3. The fraction of sp³-hybridized carbons (Fsp3) is 0.500. The molecule has 0 aliphatic carbocycles. The highest BCUT2D eigenvalue weighted by molar-refractivity contribution is 5.85. The van der Waals surface area contributed by atoms with Gasteiger partial charge in [0.1, 0.15) is 5.69 Å². The summed E-state index contributed by atoms with van der Waals surface area (Å²) in [5, 5.41) is 10.5. The summed E-state index contributed by atoms with van der Waals surface area (Å²) < 4.78 is 53.5. The Balaban J connectivity index is 0.00000242. The summed E-state index contributed by atoms with van der Waals surface area (Å²) in [5.74, 6) is -0.443. The van der Waals surface area contributed by atoms with E-state index < -0.39 is 17.8 Å². The highest BCUT2D eigenvalue weighted by Gasteiger charge is 2.34. The topological polar surface area (TPSA) is 47.7 Å². The van der Waals surface area contributed by atoms with Gasteiger partial charge in [0.2, 0.25) is 5.95 Å². The maximum Gasteiger partial charge on any atom is 0.433 e. The monoisotopic (exact) mass is 341 g/mol. The number of aromatic nitrogens is 4. The smallest absolute Gasteiger partial charge is 0.307 e. The van der Waals surface area contributed by atoms with Crippen LogP contribution in [0.4, 0.5) is 17.6 Å². The molecular weight excluding hydrogens is 326 g/mol. The van der Waals surface area contributed by atoms with Gasteiger partial charge in [-0.2, -0.15) is 27.8 Å². The summed E-state index contributed by atoms with van der Waals surface area (Å²) in [6, 6.07) is 0.971. The molecule has 5 nitrogen and oxygen atoms in total. The third-order valence-corrected chi connectivity index (χ3v) is 2.99. The Morgan fingerprint density at radius 3 is 2.45 bits per heavy atom. The average Bonchev–Trinajstić information content (AvgIpc) is 2.93. The number of aryl methyl sites for hydroxylation is 2. The van der Waals surface area contributed by atoms with Crippen LogP contribution in [-0.4, -0.2) is 19.6 Å². The van der Waals surface area contributed by atoms with Crippen molar-refractivity contribution in [3.05, 3.63) is 35.2 Å². The lowest BCUT2D eigenvalue weighted by atomic mass is 10.3. The average molecular weight is 342 g/mol. The highest BCUT2D eigenvalue weighted by atomic mass is 35.5. The molecule has 0 aliphatic heterocycles. The van der Waals surface area contributed by atoms with E-state index >= 15 is 0 Å². The Kier molecular flexibility index (Phi) is 5.95. The van der Waals surface area contributed by atoms with Gasteiger partial charge >= 0.3 is 6.18 Å². The predicted octanol–water partition coefficient (Wildman–Crippen LogP) is 2.51. The van der Waals surface area contributed by atoms with Gasteiger partial charge < -0.3 is 5.32 Å². The van der Waals surface area contributed by atoms with E-state index in [1.54, 1.807) is 6.92 Å². The molecule has 0 aliphatic rings. The van der Waals surface area contributed by atoms with E-state index in [-0.39, 0.29) is 31.2 Å². The van der Waals surface area contributed by atoms with Crippen molar-refractivity contribution in [1.29, 1.82) is 0 Å². The largest absolute Gasteiger partial charge is 0.433 e. The molecule has 0 fully saturated rings. The molecule has 0 atom stereocenters. The van der Waals surface area contributed by atoms with Gasteiger partial charge in [0.15, 0.2) is 0 Å². The molecule has 0 saturated carbocycles. The summed E-state index contributed by atoms with van der Waals surface area (Å²) in [6.45, 7) is 2.46. The van der Waals surface area contributed by atoms with E-state index in [2.05, 4.69) is 15.5 Å². The van der Waals surface area contributed by atoms with E-state index in [1.807, 2.05) is 0 Å². The number of alkyl halides is 3. The van der Waals surface area contributed by atoms with Crippen LogP contribution in [0.15, 0.2) is 12.3 Å². The molecule has 2 aromatic heterocycles. The minimum atomic E-state index is -4.44. The molecule has 10 heteroatoms. The van der Waals surface area contributed by atoms with Gasteiger partial charge in [-0.3, -0.25) is 4.68 Å². The van der Waals surface area contributed by atoms with Crippen LogP contribution in [-0.2, 0) is 32.9 Å². The van der Waals surface area contributed by atoms with Crippen LogP contribution in [0.3, 0.4) is 0 Å². The van der Waals surface area contributed by atoms with Gasteiger partial charge in [0.25, 0.3) is 0 Å². The molecule has 124 valence electrons. The Bertz CT molecular complexity index is 620. The number of nitrogens with one attached hydrogen (secondary N) is 1. The van der Waals surface area contributed by atoms with Gasteiger partial charge in [-0.1, -0.05) is 0 Å². The molecule has 0 amide bonds. The molecule has 0 unspecified atom stereocenters. The maximum absolute atomic E-state index is 13.7. The summed E-state index contributed by atoms with van der Waals surface area (Å²) in [6.07, 6.45) is -3.04. The fourth-order valence-electron chi connectivity index (χ4n) is 1.95. The van der Waals surface area contributed by atoms with Crippen molar-refractivity contribution in [1.82, 2.24) is 24.9 Å².